The summed E-state index contributed by atoms with van der Waals surface area (Å²) in [6.45, 7) is 2.35. The van der Waals surface area contributed by atoms with Crippen molar-refractivity contribution >= 4 is 29.2 Å². The molecule has 2 N–H and O–H groups in total. The number of likely N-dealkylation sites (N-methyl/N-ethyl adjacent to an activating group) is 1. The van der Waals surface area contributed by atoms with E-state index in [0.29, 0.717) is 22.2 Å². The Kier molecular flexibility index (Phi) is 4.39. The molecule has 0 saturated heterocycles. The Bertz CT molecular complexity index is 348. The van der Waals surface area contributed by atoms with Gasteiger partial charge in [-0.1, -0.05) is 36.2 Å². The van der Waals surface area contributed by atoms with Crippen LogP contribution in [0.5, 0.6) is 0 Å². The Balaban J connectivity index is 3.15. The summed E-state index contributed by atoms with van der Waals surface area (Å²) in [5.41, 5.74) is 0.412. The fourth-order valence-corrected chi connectivity index (χ4v) is 1.92. The van der Waals surface area contributed by atoms with Crippen molar-refractivity contribution in [3.8, 4) is 0 Å². The quantitative estimate of drug-likeness (QED) is 0.861. The highest BCUT2D eigenvalue weighted by molar-refractivity contribution is 6.36. The third-order valence-corrected chi connectivity index (χ3v) is 2.60. The van der Waals surface area contributed by atoms with Gasteiger partial charge in [-0.15, -0.1) is 0 Å². The van der Waals surface area contributed by atoms with Gasteiger partial charge in [0.2, 0.25) is 0 Å². The number of carboxylic acids is 1. The summed E-state index contributed by atoms with van der Waals surface area (Å²) in [6, 6.07) is 4.06. The van der Waals surface area contributed by atoms with Crippen LogP contribution in [0.3, 0.4) is 0 Å². The number of hydrogen-bond donors (Lipinski definition) is 2. The lowest BCUT2D eigenvalue weighted by Crippen LogP contribution is -2.28. The van der Waals surface area contributed by atoms with Crippen LogP contribution < -0.4 is 5.32 Å². The molecule has 0 bridgehead atoms. The Morgan fingerprint density at radius 2 is 2.00 bits per heavy atom. The lowest BCUT2D eigenvalue weighted by Gasteiger charge is -2.16. The lowest BCUT2D eigenvalue weighted by atomic mass is 10.1. The molecule has 0 spiro atoms. The first-order valence-corrected chi connectivity index (χ1v) is 5.23. The summed E-state index contributed by atoms with van der Waals surface area (Å²) in [5.74, 6) is -0.994. The molecule has 1 unspecified atom stereocenters. The summed E-state index contributed by atoms with van der Waals surface area (Å²) in [6.07, 6.45) is 0. The highest BCUT2D eigenvalue weighted by atomic mass is 35.5. The Labute approximate surface area is 98.0 Å². The van der Waals surface area contributed by atoms with Crippen LogP contribution in [0.4, 0.5) is 0 Å². The average molecular weight is 248 g/mol. The second-order valence-electron chi connectivity index (χ2n) is 2.96. The molecule has 0 fully saturated rings. The van der Waals surface area contributed by atoms with E-state index in [9.17, 15) is 4.79 Å². The van der Waals surface area contributed by atoms with E-state index in [0.717, 1.165) is 0 Å². The molecule has 5 heteroatoms. The van der Waals surface area contributed by atoms with Gasteiger partial charge < -0.3 is 10.4 Å². The van der Waals surface area contributed by atoms with Crippen molar-refractivity contribution in [1.82, 2.24) is 5.32 Å². The number of benzene rings is 1. The van der Waals surface area contributed by atoms with Gasteiger partial charge >= 0.3 is 5.97 Å². The van der Waals surface area contributed by atoms with Crippen molar-refractivity contribution in [3.05, 3.63) is 33.8 Å². The molecule has 0 aliphatic heterocycles. The molecule has 0 amide bonds. The Hall–Kier alpha value is -0.770. The summed E-state index contributed by atoms with van der Waals surface area (Å²) in [4.78, 5) is 11.0. The van der Waals surface area contributed by atoms with Crippen molar-refractivity contribution in [2.75, 3.05) is 6.54 Å². The van der Waals surface area contributed by atoms with Gasteiger partial charge in [-0.25, -0.2) is 0 Å². The maximum Gasteiger partial charge on any atom is 0.325 e. The van der Waals surface area contributed by atoms with Crippen molar-refractivity contribution in [3.63, 3.8) is 0 Å². The number of carboxylic acid groups (broad SMARTS) is 1. The summed E-state index contributed by atoms with van der Waals surface area (Å²) in [5, 5.41) is 12.6. The van der Waals surface area contributed by atoms with E-state index >= 15 is 0 Å². The van der Waals surface area contributed by atoms with Gasteiger partial charge in [-0.2, -0.15) is 0 Å². The van der Waals surface area contributed by atoms with E-state index in [1.54, 1.807) is 18.2 Å². The van der Waals surface area contributed by atoms with Crippen LogP contribution in [0.2, 0.25) is 10.0 Å². The van der Waals surface area contributed by atoms with Gasteiger partial charge in [0, 0.05) is 15.6 Å². The molecule has 1 atom stereocenters. The summed E-state index contributed by atoms with van der Waals surface area (Å²) in [7, 11) is 0. The molecule has 0 radical (unpaired) electrons. The van der Waals surface area contributed by atoms with Gasteiger partial charge in [-0.05, 0) is 18.7 Å². The fraction of sp³-hybridized carbons (Fsp3) is 0.300. The monoisotopic (exact) mass is 247 g/mol. The van der Waals surface area contributed by atoms with Gasteiger partial charge in [0.1, 0.15) is 6.04 Å². The smallest absolute Gasteiger partial charge is 0.325 e. The van der Waals surface area contributed by atoms with Crippen LogP contribution >= 0.6 is 23.2 Å². The van der Waals surface area contributed by atoms with Crippen molar-refractivity contribution < 1.29 is 9.90 Å². The molecule has 1 aromatic carbocycles. The zero-order valence-corrected chi connectivity index (χ0v) is 9.64. The second kappa shape index (κ2) is 5.35. The minimum Gasteiger partial charge on any atom is -0.480 e. The van der Waals surface area contributed by atoms with E-state index in [1.165, 1.54) is 0 Å². The Morgan fingerprint density at radius 1 is 1.47 bits per heavy atom. The van der Waals surface area contributed by atoms with Gasteiger partial charge in [0.05, 0.1) is 0 Å². The second-order valence-corrected chi connectivity index (χ2v) is 3.78. The van der Waals surface area contributed by atoms with Gasteiger partial charge in [0.15, 0.2) is 0 Å². The molecule has 1 rings (SSSR count). The molecule has 82 valence electrons. The van der Waals surface area contributed by atoms with Crippen molar-refractivity contribution in [2.24, 2.45) is 0 Å². The Morgan fingerprint density at radius 3 is 2.40 bits per heavy atom. The van der Waals surface area contributed by atoms with E-state index < -0.39 is 12.0 Å². The standard InChI is InChI=1S/C10H11Cl2NO2/c1-2-13-9(10(14)15)8-6(11)4-3-5-7(8)12/h3-5,9,13H,2H2,1H3,(H,14,15). The predicted molar refractivity (Wildman–Crippen MR) is 60.5 cm³/mol. The minimum atomic E-state index is -0.994. The molecule has 0 aliphatic rings. The molecule has 1 aromatic rings. The van der Waals surface area contributed by atoms with Gasteiger partial charge in [-0.3, -0.25) is 4.79 Å². The van der Waals surface area contributed by atoms with E-state index in [-0.39, 0.29) is 0 Å². The maximum absolute atomic E-state index is 11.0. The van der Waals surface area contributed by atoms with Crippen LogP contribution in [0.25, 0.3) is 0 Å². The molecule has 0 heterocycles. The first-order chi connectivity index (χ1) is 7.07. The maximum atomic E-state index is 11.0. The number of rotatable bonds is 4. The van der Waals surface area contributed by atoms with E-state index in [1.807, 2.05) is 6.92 Å². The SMILES string of the molecule is CCNC(C(=O)O)c1c(Cl)cccc1Cl. The molecule has 3 nitrogen and oxygen atoms in total. The van der Waals surface area contributed by atoms with Crippen LogP contribution in [-0.4, -0.2) is 17.6 Å². The van der Waals surface area contributed by atoms with Crippen LogP contribution in [0, 0.1) is 0 Å². The van der Waals surface area contributed by atoms with Crippen LogP contribution in [0.15, 0.2) is 18.2 Å². The number of halogens is 2. The highest BCUT2D eigenvalue weighted by Crippen LogP contribution is 2.30. The zero-order valence-electron chi connectivity index (χ0n) is 8.13. The molecular formula is C10H11Cl2NO2. The number of carbonyl (C=O) groups is 1. The fourth-order valence-electron chi connectivity index (χ4n) is 1.30. The van der Waals surface area contributed by atoms with Crippen LogP contribution in [0.1, 0.15) is 18.5 Å². The normalized spacial score (nSPS) is 12.5. The zero-order chi connectivity index (χ0) is 11.4. The van der Waals surface area contributed by atoms with E-state index in [4.69, 9.17) is 28.3 Å². The molecule has 0 saturated carbocycles. The first-order valence-electron chi connectivity index (χ1n) is 4.48. The highest BCUT2D eigenvalue weighted by Gasteiger charge is 2.23. The molecule has 0 aromatic heterocycles. The molecule has 15 heavy (non-hydrogen) atoms. The summed E-state index contributed by atoms with van der Waals surface area (Å²) >= 11 is 11.8. The first kappa shape index (κ1) is 12.3. The topological polar surface area (TPSA) is 49.3 Å². The van der Waals surface area contributed by atoms with Crippen molar-refractivity contribution in [2.45, 2.75) is 13.0 Å². The molecule has 0 aliphatic carbocycles. The minimum absolute atomic E-state index is 0.357. The third kappa shape index (κ3) is 2.84. The van der Waals surface area contributed by atoms with Crippen LogP contribution in [-0.2, 0) is 4.79 Å². The number of nitrogens with one attached hydrogen (secondary N) is 1. The van der Waals surface area contributed by atoms with Crippen molar-refractivity contribution in [1.29, 1.82) is 0 Å². The number of hydrogen-bond acceptors (Lipinski definition) is 2. The lowest BCUT2D eigenvalue weighted by molar-refractivity contribution is -0.139. The molecular weight excluding hydrogens is 237 g/mol. The van der Waals surface area contributed by atoms with E-state index in [2.05, 4.69) is 5.32 Å². The van der Waals surface area contributed by atoms with Gasteiger partial charge in [0.25, 0.3) is 0 Å². The number of aliphatic carboxylic acids is 1. The predicted octanol–water partition coefficient (Wildman–Crippen LogP) is 2.73. The largest absolute Gasteiger partial charge is 0.480 e. The third-order valence-electron chi connectivity index (χ3n) is 1.94. The summed E-state index contributed by atoms with van der Waals surface area (Å²) < 4.78 is 0. The average Bonchev–Trinajstić information content (AvgIpc) is 2.15.